The molecule has 1 aliphatic heterocycles. The van der Waals surface area contributed by atoms with E-state index in [0.717, 1.165) is 17.7 Å². The van der Waals surface area contributed by atoms with Gasteiger partial charge in [0.15, 0.2) is 5.43 Å². The van der Waals surface area contributed by atoms with Gasteiger partial charge in [-0.25, -0.2) is 4.39 Å². The van der Waals surface area contributed by atoms with Crippen LogP contribution in [0.25, 0.3) is 11.0 Å². The van der Waals surface area contributed by atoms with E-state index in [9.17, 15) is 24.1 Å². The Bertz CT molecular complexity index is 1510. The van der Waals surface area contributed by atoms with Gasteiger partial charge >= 0.3 is 0 Å². The molecule has 0 fully saturated rings. The molecular weight excluding hydrogens is 455 g/mol. The normalized spacial score (nSPS) is 14.9. The molecule has 1 unspecified atom stereocenters. The fourth-order valence-corrected chi connectivity index (χ4v) is 4.39. The zero-order chi connectivity index (χ0) is 24.7. The van der Waals surface area contributed by atoms with Crippen LogP contribution in [-0.2, 0) is 6.42 Å². The van der Waals surface area contributed by atoms with Crippen LogP contribution in [0.4, 0.5) is 10.1 Å². The van der Waals surface area contributed by atoms with Gasteiger partial charge in [0, 0.05) is 18.7 Å². The Balaban J connectivity index is 1.60. The molecule has 0 saturated carbocycles. The first kappa shape index (κ1) is 22.3. The number of nitro benzene ring substituents is 1. The standard InChI is InChI=1S/C26H19FN2O6/c1-34-19-9-2-15(3-10-19)12-13-28-23(16-4-7-18(8-5-16)29(32)33)22-24(30)20-14-17(27)6-11-21(20)35-25(22)26(28)31/h2-11,14,23H,12-13H2,1H3. The first-order valence-electron chi connectivity index (χ1n) is 10.8. The Kier molecular flexibility index (Phi) is 5.52. The number of non-ortho nitro benzene ring substituents is 1. The zero-order valence-electron chi connectivity index (χ0n) is 18.6. The average Bonchev–Trinajstić information content (AvgIpc) is 3.15. The maximum absolute atomic E-state index is 13.9. The van der Waals surface area contributed by atoms with Crippen LogP contribution in [-0.4, -0.2) is 29.4 Å². The molecule has 176 valence electrons. The van der Waals surface area contributed by atoms with Gasteiger partial charge < -0.3 is 14.1 Å². The molecule has 2 heterocycles. The number of fused-ring (bicyclic) bond motifs is 2. The summed E-state index contributed by atoms with van der Waals surface area (Å²) in [6, 6.07) is 15.8. The van der Waals surface area contributed by atoms with Crippen molar-refractivity contribution in [2.24, 2.45) is 0 Å². The smallest absolute Gasteiger partial charge is 0.290 e. The summed E-state index contributed by atoms with van der Waals surface area (Å²) >= 11 is 0. The van der Waals surface area contributed by atoms with Crippen LogP contribution < -0.4 is 10.2 Å². The van der Waals surface area contributed by atoms with E-state index in [-0.39, 0.29) is 34.5 Å². The summed E-state index contributed by atoms with van der Waals surface area (Å²) in [6.45, 7) is 0.251. The SMILES string of the molecule is COc1ccc(CCN2C(=O)c3oc4ccc(F)cc4c(=O)c3C2c2ccc([N+](=O)[O-])cc2)cc1. The molecule has 3 aromatic carbocycles. The van der Waals surface area contributed by atoms with Crippen molar-refractivity contribution in [2.45, 2.75) is 12.5 Å². The van der Waals surface area contributed by atoms with Crippen LogP contribution >= 0.6 is 0 Å². The van der Waals surface area contributed by atoms with E-state index >= 15 is 0 Å². The fraction of sp³-hybridized carbons (Fsp3) is 0.154. The van der Waals surface area contributed by atoms with Crippen molar-refractivity contribution in [1.82, 2.24) is 4.90 Å². The number of hydrogen-bond acceptors (Lipinski definition) is 6. The van der Waals surface area contributed by atoms with Gasteiger partial charge in [-0.05, 0) is 60.0 Å². The lowest BCUT2D eigenvalue weighted by atomic mass is 9.98. The van der Waals surface area contributed by atoms with E-state index in [1.54, 1.807) is 7.11 Å². The van der Waals surface area contributed by atoms with Gasteiger partial charge in [-0.1, -0.05) is 12.1 Å². The highest BCUT2D eigenvalue weighted by Gasteiger charge is 2.42. The number of hydrogen-bond donors (Lipinski definition) is 0. The van der Waals surface area contributed by atoms with Crippen LogP contribution in [0.5, 0.6) is 5.75 Å². The third-order valence-corrected chi connectivity index (χ3v) is 6.15. The van der Waals surface area contributed by atoms with Crippen molar-refractivity contribution < 1.29 is 23.3 Å². The summed E-state index contributed by atoms with van der Waals surface area (Å²) in [4.78, 5) is 39.0. The second-order valence-electron chi connectivity index (χ2n) is 8.16. The minimum atomic E-state index is -0.833. The number of benzene rings is 3. The van der Waals surface area contributed by atoms with Crippen molar-refractivity contribution in [3.05, 3.63) is 115 Å². The van der Waals surface area contributed by atoms with E-state index in [2.05, 4.69) is 0 Å². The van der Waals surface area contributed by atoms with E-state index in [1.165, 1.54) is 35.2 Å². The molecule has 1 aromatic heterocycles. The molecule has 0 bridgehead atoms. The predicted molar refractivity (Wildman–Crippen MR) is 125 cm³/mol. The molecule has 0 radical (unpaired) electrons. The van der Waals surface area contributed by atoms with Gasteiger partial charge in [-0.3, -0.25) is 19.7 Å². The summed E-state index contributed by atoms with van der Waals surface area (Å²) in [5.41, 5.74) is 1.05. The molecule has 0 saturated heterocycles. The van der Waals surface area contributed by atoms with Gasteiger partial charge in [-0.2, -0.15) is 0 Å². The van der Waals surface area contributed by atoms with E-state index in [1.807, 2.05) is 24.3 Å². The summed E-state index contributed by atoms with van der Waals surface area (Å²) < 4.78 is 24.9. The number of carbonyl (C=O) groups excluding carboxylic acids is 1. The van der Waals surface area contributed by atoms with Crippen molar-refractivity contribution in [2.75, 3.05) is 13.7 Å². The highest BCUT2D eigenvalue weighted by atomic mass is 19.1. The van der Waals surface area contributed by atoms with Crippen molar-refractivity contribution >= 4 is 22.6 Å². The fourth-order valence-electron chi connectivity index (χ4n) is 4.39. The quantitative estimate of drug-likeness (QED) is 0.298. The van der Waals surface area contributed by atoms with Crippen LogP contribution in [0.15, 0.2) is 75.9 Å². The summed E-state index contributed by atoms with van der Waals surface area (Å²) in [7, 11) is 1.57. The maximum atomic E-state index is 13.9. The van der Waals surface area contributed by atoms with Gasteiger partial charge in [-0.15, -0.1) is 0 Å². The summed E-state index contributed by atoms with van der Waals surface area (Å²) in [5, 5.41) is 11.1. The number of carbonyl (C=O) groups is 1. The first-order chi connectivity index (χ1) is 16.9. The lowest BCUT2D eigenvalue weighted by molar-refractivity contribution is -0.384. The van der Waals surface area contributed by atoms with E-state index < -0.39 is 28.1 Å². The Labute approximate surface area is 198 Å². The number of amides is 1. The van der Waals surface area contributed by atoms with E-state index in [0.29, 0.717) is 17.7 Å². The molecule has 8 nitrogen and oxygen atoms in total. The molecule has 9 heteroatoms. The van der Waals surface area contributed by atoms with Crippen LogP contribution in [0, 0.1) is 15.9 Å². The molecule has 0 N–H and O–H groups in total. The van der Waals surface area contributed by atoms with Crippen molar-refractivity contribution in [1.29, 1.82) is 0 Å². The van der Waals surface area contributed by atoms with Gasteiger partial charge in [0.25, 0.3) is 11.6 Å². The van der Waals surface area contributed by atoms with Crippen LogP contribution in [0.3, 0.4) is 0 Å². The van der Waals surface area contributed by atoms with Gasteiger partial charge in [0.1, 0.15) is 17.1 Å². The Morgan fingerprint density at radius 1 is 1.06 bits per heavy atom. The third-order valence-electron chi connectivity index (χ3n) is 6.15. The number of halogens is 1. The lowest BCUT2D eigenvalue weighted by Gasteiger charge is -2.25. The molecular formula is C26H19FN2O6. The largest absolute Gasteiger partial charge is 0.497 e. The molecule has 0 spiro atoms. The molecule has 4 aromatic rings. The second kappa shape index (κ2) is 8.68. The molecule has 0 aliphatic carbocycles. The summed E-state index contributed by atoms with van der Waals surface area (Å²) in [5.74, 6) is -0.472. The molecule has 1 amide bonds. The Morgan fingerprint density at radius 2 is 1.77 bits per heavy atom. The minimum Gasteiger partial charge on any atom is -0.497 e. The molecule has 5 rings (SSSR count). The lowest BCUT2D eigenvalue weighted by Crippen LogP contribution is -2.31. The third kappa shape index (κ3) is 3.90. The highest BCUT2D eigenvalue weighted by Crippen LogP contribution is 2.38. The average molecular weight is 474 g/mol. The van der Waals surface area contributed by atoms with Crippen molar-refractivity contribution in [3.63, 3.8) is 0 Å². The summed E-state index contributed by atoms with van der Waals surface area (Å²) in [6.07, 6.45) is 0.482. The van der Waals surface area contributed by atoms with Crippen molar-refractivity contribution in [3.8, 4) is 5.75 Å². The molecule has 35 heavy (non-hydrogen) atoms. The predicted octanol–water partition coefficient (Wildman–Crippen LogP) is 4.64. The van der Waals surface area contributed by atoms with Gasteiger partial charge in [0.2, 0.25) is 5.76 Å². The Hall–Kier alpha value is -4.53. The van der Waals surface area contributed by atoms with Gasteiger partial charge in [0.05, 0.1) is 29.0 Å². The zero-order valence-corrected chi connectivity index (χ0v) is 18.6. The topological polar surface area (TPSA) is 103 Å². The minimum absolute atomic E-state index is 0.0282. The number of nitro groups is 1. The number of rotatable bonds is 6. The second-order valence-corrected chi connectivity index (χ2v) is 8.16. The first-order valence-corrected chi connectivity index (χ1v) is 10.8. The number of ether oxygens (including phenoxy) is 1. The number of nitrogens with zero attached hydrogens (tertiary/aromatic N) is 2. The van der Waals surface area contributed by atoms with E-state index in [4.69, 9.17) is 9.15 Å². The maximum Gasteiger partial charge on any atom is 0.290 e. The number of methoxy groups -OCH3 is 1. The molecule has 1 aliphatic rings. The Morgan fingerprint density at radius 3 is 2.43 bits per heavy atom. The van der Waals surface area contributed by atoms with Crippen LogP contribution in [0.2, 0.25) is 0 Å². The monoisotopic (exact) mass is 474 g/mol. The molecule has 1 atom stereocenters. The van der Waals surface area contributed by atoms with Crippen LogP contribution in [0.1, 0.15) is 33.3 Å². The highest BCUT2D eigenvalue weighted by molar-refractivity contribution is 5.99.